The highest BCUT2D eigenvalue weighted by atomic mass is 16.5. The number of amides is 2. The van der Waals surface area contributed by atoms with E-state index in [0.29, 0.717) is 30.2 Å². The maximum absolute atomic E-state index is 12.9. The number of rotatable bonds is 9. The number of benzene rings is 3. The summed E-state index contributed by atoms with van der Waals surface area (Å²) in [6, 6.07) is 24.0. The molecule has 6 heteroatoms. The third-order valence-corrected chi connectivity index (χ3v) is 4.68. The Balaban J connectivity index is 1.58. The molecule has 3 aromatic carbocycles. The smallest absolute Gasteiger partial charge is 0.258 e. The van der Waals surface area contributed by atoms with Crippen LogP contribution >= 0.6 is 0 Å². The van der Waals surface area contributed by atoms with E-state index in [1.54, 1.807) is 35.2 Å². The van der Waals surface area contributed by atoms with Crippen molar-refractivity contribution < 1.29 is 14.3 Å². The van der Waals surface area contributed by atoms with E-state index in [1.165, 1.54) is 0 Å². The second-order valence-corrected chi connectivity index (χ2v) is 6.79. The number of hydrogen-bond acceptors (Lipinski definition) is 4. The minimum Gasteiger partial charge on any atom is -0.492 e. The van der Waals surface area contributed by atoms with E-state index in [9.17, 15) is 9.59 Å². The molecule has 3 aromatic rings. The van der Waals surface area contributed by atoms with Gasteiger partial charge in [-0.15, -0.1) is 0 Å². The van der Waals surface area contributed by atoms with E-state index in [4.69, 9.17) is 4.74 Å². The fourth-order valence-electron chi connectivity index (χ4n) is 3.17. The van der Waals surface area contributed by atoms with Crippen LogP contribution in [0.5, 0.6) is 5.75 Å². The maximum Gasteiger partial charge on any atom is 0.258 e. The third-order valence-electron chi connectivity index (χ3n) is 4.68. The summed E-state index contributed by atoms with van der Waals surface area (Å²) in [5.41, 5.74) is 2.85. The van der Waals surface area contributed by atoms with E-state index in [-0.39, 0.29) is 18.4 Å². The van der Waals surface area contributed by atoms with Gasteiger partial charge in [0.15, 0.2) is 0 Å². The molecular formula is C25H27N3O3. The van der Waals surface area contributed by atoms with E-state index in [0.717, 1.165) is 11.4 Å². The first-order valence-corrected chi connectivity index (χ1v) is 10.3. The maximum atomic E-state index is 12.9. The number of ether oxygens (including phenoxy) is 1. The summed E-state index contributed by atoms with van der Waals surface area (Å²) < 4.78 is 5.53. The molecule has 2 N–H and O–H groups in total. The van der Waals surface area contributed by atoms with Crippen molar-refractivity contribution >= 4 is 28.9 Å². The molecule has 0 saturated heterocycles. The summed E-state index contributed by atoms with van der Waals surface area (Å²) in [7, 11) is 0. The van der Waals surface area contributed by atoms with Gasteiger partial charge in [-0.05, 0) is 62.4 Å². The van der Waals surface area contributed by atoms with Crippen LogP contribution in [-0.2, 0) is 4.79 Å². The Morgan fingerprint density at radius 3 is 2.23 bits per heavy atom. The summed E-state index contributed by atoms with van der Waals surface area (Å²) in [4.78, 5) is 26.9. The molecule has 3 rings (SSSR count). The van der Waals surface area contributed by atoms with E-state index in [2.05, 4.69) is 10.6 Å². The molecule has 2 amide bonds. The largest absolute Gasteiger partial charge is 0.492 e. The molecule has 0 spiro atoms. The van der Waals surface area contributed by atoms with Crippen molar-refractivity contribution in [2.75, 3.05) is 35.2 Å². The minimum atomic E-state index is -0.187. The Kier molecular flexibility index (Phi) is 7.65. The number of hydrogen-bond donors (Lipinski definition) is 2. The average Bonchev–Trinajstić information content (AvgIpc) is 2.81. The first kappa shape index (κ1) is 21.9. The van der Waals surface area contributed by atoms with Crippen LogP contribution in [0.3, 0.4) is 0 Å². The molecule has 0 aromatic heterocycles. The molecule has 0 radical (unpaired) electrons. The lowest BCUT2D eigenvalue weighted by molar-refractivity contribution is -0.114. The summed E-state index contributed by atoms with van der Waals surface area (Å²) in [5, 5.41) is 5.93. The van der Waals surface area contributed by atoms with Crippen LogP contribution in [-0.4, -0.2) is 31.5 Å². The van der Waals surface area contributed by atoms with Crippen molar-refractivity contribution in [3.63, 3.8) is 0 Å². The Bertz CT molecular complexity index is 1000. The zero-order valence-corrected chi connectivity index (χ0v) is 17.8. The standard InChI is InChI=1S/C25H27N3O3/c1-3-28(21-10-6-5-7-11-21)25(30)19-14-16-20(17-15-19)26-18-24(29)27-22-12-8-9-13-23(22)31-4-2/h5-17,26H,3-4,18H2,1-2H3,(H,27,29). The molecule has 0 heterocycles. The molecule has 6 nitrogen and oxygen atoms in total. The van der Waals surface area contributed by atoms with Crippen molar-refractivity contribution in [2.24, 2.45) is 0 Å². The lowest BCUT2D eigenvalue weighted by atomic mass is 10.1. The van der Waals surface area contributed by atoms with Crippen LogP contribution in [0.4, 0.5) is 17.1 Å². The molecule has 160 valence electrons. The average molecular weight is 418 g/mol. The van der Waals surface area contributed by atoms with Crippen molar-refractivity contribution in [1.82, 2.24) is 0 Å². The summed E-state index contributed by atoms with van der Waals surface area (Å²) >= 11 is 0. The number of nitrogens with one attached hydrogen (secondary N) is 2. The van der Waals surface area contributed by atoms with Gasteiger partial charge >= 0.3 is 0 Å². The van der Waals surface area contributed by atoms with Gasteiger partial charge in [-0.3, -0.25) is 9.59 Å². The zero-order chi connectivity index (χ0) is 22.1. The molecule has 0 bridgehead atoms. The minimum absolute atomic E-state index is 0.0643. The van der Waals surface area contributed by atoms with Crippen LogP contribution in [0.15, 0.2) is 78.9 Å². The number of anilines is 3. The Labute approximate surface area is 182 Å². The monoisotopic (exact) mass is 417 g/mol. The Morgan fingerprint density at radius 2 is 1.55 bits per heavy atom. The predicted octanol–water partition coefficient (Wildman–Crippen LogP) is 4.80. The SMILES string of the molecule is CCOc1ccccc1NC(=O)CNc1ccc(C(=O)N(CC)c2ccccc2)cc1. The number of para-hydroxylation sites is 3. The highest BCUT2D eigenvalue weighted by Crippen LogP contribution is 2.23. The van der Waals surface area contributed by atoms with Gasteiger partial charge < -0.3 is 20.3 Å². The lowest BCUT2D eigenvalue weighted by Crippen LogP contribution is -2.30. The number of carbonyl (C=O) groups is 2. The molecule has 0 aliphatic carbocycles. The summed E-state index contributed by atoms with van der Waals surface area (Å²) in [6.45, 7) is 5.04. The molecule has 0 saturated carbocycles. The van der Waals surface area contributed by atoms with Crippen LogP contribution in [0, 0.1) is 0 Å². The predicted molar refractivity (Wildman–Crippen MR) is 125 cm³/mol. The molecule has 0 unspecified atom stereocenters. The van der Waals surface area contributed by atoms with E-state index in [1.807, 2.05) is 62.4 Å². The van der Waals surface area contributed by atoms with Crippen molar-refractivity contribution in [1.29, 1.82) is 0 Å². The molecule has 0 fully saturated rings. The first-order valence-electron chi connectivity index (χ1n) is 10.3. The van der Waals surface area contributed by atoms with Gasteiger partial charge in [0.05, 0.1) is 18.8 Å². The number of nitrogens with zero attached hydrogens (tertiary/aromatic N) is 1. The normalized spacial score (nSPS) is 10.3. The fraction of sp³-hybridized carbons (Fsp3) is 0.200. The second kappa shape index (κ2) is 10.8. The molecule has 0 atom stereocenters. The molecule has 0 aliphatic rings. The zero-order valence-electron chi connectivity index (χ0n) is 17.8. The van der Waals surface area contributed by atoms with Gasteiger partial charge in [-0.25, -0.2) is 0 Å². The summed E-state index contributed by atoms with van der Waals surface area (Å²) in [6.07, 6.45) is 0. The van der Waals surface area contributed by atoms with Crippen molar-refractivity contribution in [3.8, 4) is 5.75 Å². The first-order chi connectivity index (χ1) is 15.1. The molecular weight excluding hydrogens is 390 g/mol. The Hall–Kier alpha value is -3.80. The third kappa shape index (κ3) is 5.85. The summed E-state index contributed by atoms with van der Waals surface area (Å²) in [5.74, 6) is 0.388. The van der Waals surface area contributed by atoms with Crippen molar-refractivity contribution in [3.05, 3.63) is 84.4 Å². The van der Waals surface area contributed by atoms with Gasteiger partial charge in [0.1, 0.15) is 5.75 Å². The van der Waals surface area contributed by atoms with Crippen LogP contribution < -0.4 is 20.3 Å². The van der Waals surface area contributed by atoms with Crippen LogP contribution in [0.2, 0.25) is 0 Å². The van der Waals surface area contributed by atoms with Crippen LogP contribution in [0.1, 0.15) is 24.2 Å². The quantitative estimate of drug-likeness (QED) is 0.525. The van der Waals surface area contributed by atoms with Gasteiger partial charge in [0.25, 0.3) is 5.91 Å². The highest BCUT2D eigenvalue weighted by Gasteiger charge is 2.15. The topological polar surface area (TPSA) is 70.7 Å². The number of carbonyl (C=O) groups excluding carboxylic acids is 2. The second-order valence-electron chi connectivity index (χ2n) is 6.79. The van der Waals surface area contributed by atoms with Gasteiger partial charge in [-0.2, -0.15) is 0 Å². The fourth-order valence-corrected chi connectivity index (χ4v) is 3.17. The highest BCUT2D eigenvalue weighted by molar-refractivity contribution is 6.06. The van der Waals surface area contributed by atoms with Crippen molar-refractivity contribution in [2.45, 2.75) is 13.8 Å². The van der Waals surface area contributed by atoms with Gasteiger partial charge in [0, 0.05) is 23.5 Å². The van der Waals surface area contributed by atoms with Crippen LogP contribution in [0.25, 0.3) is 0 Å². The van der Waals surface area contributed by atoms with Gasteiger partial charge in [0.2, 0.25) is 5.91 Å². The molecule has 0 aliphatic heterocycles. The lowest BCUT2D eigenvalue weighted by Gasteiger charge is -2.21. The van der Waals surface area contributed by atoms with E-state index >= 15 is 0 Å². The Morgan fingerprint density at radius 1 is 0.871 bits per heavy atom. The molecule has 31 heavy (non-hydrogen) atoms. The van der Waals surface area contributed by atoms with E-state index < -0.39 is 0 Å². The van der Waals surface area contributed by atoms with Gasteiger partial charge in [-0.1, -0.05) is 30.3 Å².